The molecule has 0 aliphatic carbocycles. The van der Waals surface area contributed by atoms with Crippen molar-refractivity contribution >= 4 is 58.1 Å². The van der Waals surface area contributed by atoms with Crippen molar-refractivity contribution in [3.8, 4) is 22.8 Å². The lowest BCUT2D eigenvalue weighted by molar-refractivity contribution is -0.136. The number of benzene rings is 3. The third-order valence-corrected chi connectivity index (χ3v) is 11.4. The molecule has 1 unspecified atom stereocenters. The molecule has 3 N–H and O–H groups in total. The Bertz CT molecular complexity index is 2370. The van der Waals surface area contributed by atoms with Crippen molar-refractivity contribution < 1.29 is 33.1 Å². The van der Waals surface area contributed by atoms with Crippen LogP contribution in [0, 0.1) is 5.82 Å². The number of ether oxygens (including phenoxy) is 1. The molecular formula is C40H37FN8O6S. The third kappa shape index (κ3) is 7.19. The molecule has 3 aliphatic heterocycles. The maximum Gasteiger partial charge on any atom is 0.263 e. The van der Waals surface area contributed by atoms with Crippen LogP contribution in [0.4, 0.5) is 10.2 Å². The van der Waals surface area contributed by atoms with E-state index < -0.39 is 35.5 Å². The fraction of sp³-hybridized carbons (Fsp3) is 0.300. The normalized spacial score (nSPS) is 18.4. The van der Waals surface area contributed by atoms with E-state index in [9.17, 15) is 28.4 Å². The van der Waals surface area contributed by atoms with Crippen LogP contribution in [-0.4, -0.2) is 84.0 Å². The lowest BCUT2D eigenvalue weighted by Gasteiger charge is -2.33. The van der Waals surface area contributed by atoms with Gasteiger partial charge in [0, 0.05) is 36.4 Å². The lowest BCUT2D eigenvalue weighted by atomic mass is 10.0. The smallest absolute Gasteiger partial charge is 0.263 e. The molecule has 2 atom stereocenters. The van der Waals surface area contributed by atoms with Crippen molar-refractivity contribution in [2.24, 2.45) is 0 Å². The van der Waals surface area contributed by atoms with Gasteiger partial charge in [-0.2, -0.15) is 5.10 Å². The number of hydrogen-bond donors (Lipinski definition) is 2. The van der Waals surface area contributed by atoms with E-state index in [0.29, 0.717) is 71.3 Å². The van der Waals surface area contributed by atoms with Gasteiger partial charge in [0.1, 0.15) is 41.2 Å². The molecule has 286 valence electrons. The average Bonchev–Trinajstić information content (AvgIpc) is 3.71. The molecule has 2 saturated heterocycles. The predicted octanol–water partition coefficient (Wildman–Crippen LogP) is 5.53. The topological polar surface area (TPSA) is 183 Å². The Balaban J connectivity index is 0.891. The number of nitrogens with two attached hydrogens (primary N) is 1. The summed E-state index contributed by atoms with van der Waals surface area (Å²) in [4.78, 5) is 75.9. The number of unbranched alkanes of at least 4 members (excludes halogenated alkanes) is 1. The molecular weight excluding hydrogens is 740 g/mol. The van der Waals surface area contributed by atoms with Crippen molar-refractivity contribution in [2.75, 3.05) is 24.6 Å². The molecule has 8 rings (SSSR count). The molecule has 56 heavy (non-hydrogen) atoms. The van der Waals surface area contributed by atoms with Crippen molar-refractivity contribution in [1.29, 1.82) is 0 Å². The van der Waals surface area contributed by atoms with E-state index in [1.807, 2.05) is 64.2 Å². The number of nitrogen functional groups attached to an aromatic ring is 1. The number of likely N-dealkylation sites (tertiary alicyclic amines) is 1. The van der Waals surface area contributed by atoms with Crippen LogP contribution in [0.15, 0.2) is 78.0 Å². The summed E-state index contributed by atoms with van der Waals surface area (Å²) in [7, 11) is 0. The molecule has 0 spiro atoms. The summed E-state index contributed by atoms with van der Waals surface area (Å²) >= 11 is 1.22. The molecule has 16 heteroatoms. The average molecular weight is 777 g/mol. The highest BCUT2D eigenvalue weighted by Crippen LogP contribution is 2.37. The number of fused-ring (bicyclic) bond motifs is 2. The van der Waals surface area contributed by atoms with Crippen LogP contribution in [0.25, 0.3) is 22.3 Å². The second kappa shape index (κ2) is 15.5. The molecule has 0 bridgehead atoms. The summed E-state index contributed by atoms with van der Waals surface area (Å²) in [6.45, 7) is 1.07. The predicted molar refractivity (Wildman–Crippen MR) is 204 cm³/mol. The van der Waals surface area contributed by atoms with Crippen molar-refractivity contribution in [3.05, 3.63) is 90.0 Å². The first-order chi connectivity index (χ1) is 27.2. The van der Waals surface area contributed by atoms with E-state index in [0.717, 1.165) is 35.1 Å². The van der Waals surface area contributed by atoms with Crippen LogP contribution < -0.4 is 15.8 Å². The van der Waals surface area contributed by atoms with Gasteiger partial charge in [0.25, 0.3) is 11.8 Å². The molecule has 14 nitrogen and oxygen atoms in total. The Kier molecular flexibility index (Phi) is 10.2. The van der Waals surface area contributed by atoms with Crippen LogP contribution in [0.5, 0.6) is 11.5 Å². The largest absolute Gasteiger partial charge is 0.457 e. The number of hydrogen-bond acceptors (Lipinski definition) is 11. The maximum absolute atomic E-state index is 14.6. The number of thioether (sulfide) groups is 1. The minimum absolute atomic E-state index is 0.00633. The second-order valence-electron chi connectivity index (χ2n) is 13.9. The maximum atomic E-state index is 14.6. The molecule has 5 aromatic rings. The highest BCUT2D eigenvalue weighted by molar-refractivity contribution is 7.99. The SMILES string of the molecule is Nc1ncnc2c1c(-c1ccc(Oc3ccccc3)cc1)nn2[C@@H]1CCCN(C(=O)CCCCSc2cc(F)cc3c2C(=O)N(C2CCC(=O)NC2=O)C3=O)C1. The summed E-state index contributed by atoms with van der Waals surface area (Å²) in [5.74, 6) is -1.13. The van der Waals surface area contributed by atoms with Gasteiger partial charge in [-0.15, -0.1) is 11.8 Å². The molecule has 5 amide bonds. The molecule has 3 aromatic carbocycles. The van der Waals surface area contributed by atoms with Gasteiger partial charge in [0.05, 0.1) is 22.6 Å². The minimum Gasteiger partial charge on any atom is -0.457 e. The van der Waals surface area contributed by atoms with E-state index in [4.69, 9.17) is 15.6 Å². The number of halogens is 1. The quantitative estimate of drug-likeness (QED) is 0.0977. The summed E-state index contributed by atoms with van der Waals surface area (Å²) in [5.41, 5.74) is 8.39. The number of rotatable bonds is 11. The Morgan fingerprint density at radius 3 is 2.54 bits per heavy atom. The first kappa shape index (κ1) is 36.8. The number of piperidine rings is 2. The standard InChI is InChI=1S/C40H37FN8O6S/c41-24-19-28-33(40(54)48(39(28)53)29-15-16-31(50)45-38(29)52)30(20-24)56-18-5-4-10-32(51)47-17-6-7-25(21-47)49-37-34(36(42)43-22-44-37)35(46-49)23-11-13-27(14-12-23)55-26-8-2-1-3-9-26/h1-3,8-9,11-14,19-20,22,25,29H,4-7,10,15-18,21H2,(H2,42,43,44)(H,45,50,52)/t25-,29?/m1/s1. The number of nitrogens with zero attached hydrogens (tertiary/aromatic N) is 6. The highest BCUT2D eigenvalue weighted by Gasteiger charge is 2.46. The third-order valence-electron chi connectivity index (χ3n) is 10.2. The van der Waals surface area contributed by atoms with Gasteiger partial charge in [0.2, 0.25) is 17.7 Å². The van der Waals surface area contributed by atoms with Crippen LogP contribution >= 0.6 is 11.8 Å². The summed E-state index contributed by atoms with van der Waals surface area (Å²) in [6, 6.07) is 18.0. The highest BCUT2D eigenvalue weighted by atomic mass is 32.2. The van der Waals surface area contributed by atoms with E-state index in [2.05, 4.69) is 15.3 Å². The van der Waals surface area contributed by atoms with Crippen molar-refractivity contribution in [2.45, 2.75) is 61.9 Å². The zero-order valence-corrected chi connectivity index (χ0v) is 31.0. The van der Waals surface area contributed by atoms with Gasteiger partial charge >= 0.3 is 0 Å². The minimum atomic E-state index is -1.14. The van der Waals surface area contributed by atoms with Gasteiger partial charge in [0.15, 0.2) is 5.65 Å². The van der Waals surface area contributed by atoms with Crippen LogP contribution in [0.1, 0.15) is 71.7 Å². The molecule has 0 radical (unpaired) electrons. The number of amides is 5. The number of carbonyl (C=O) groups excluding carboxylic acids is 5. The van der Waals surface area contributed by atoms with Crippen molar-refractivity contribution in [3.63, 3.8) is 0 Å². The Morgan fingerprint density at radius 1 is 0.964 bits per heavy atom. The van der Waals surface area contributed by atoms with Gasteiger partial charge in [-0.3, -0.25) is 34.2 Å². The summed E-state index contributed by atoms with van der Waals surface area (Å²) in [6.07, 6.45) is 4.44. The van der Waals surface area contributed by atoms with Gasteiger partial charge in [-0.05, 0) is 86.4 Å². The first-order valence-electron chi connectivity index (χ1n) is 18.4. The Labute approximate surface area is 324 Å². The zero-order chi connectivity index (χ0) is 38.9. The fourth-order valence-electron chi connectivity index (χ4n) is 7.50. The van der Waals surface area contributed by atoms with E-state index in [1.54, 1.807) is 0 Å². The number of carbonyl (C=O) groups is 5. The second-order valence-corrected chi connectivity index (χ2v) is 15.0. The van der Waals surface area contributed by atoms with Crippen LogP contribution in [-0.2, 0) is 14.4 Å². The van der Waals surface area contributed by atoms with E-state index >= 15 is 0 Å². The number of anilines is 1. The molecule has 5 heterocycles. The summed E-state index contributed by atoms with van der Waals surface area (Å²) in [5, 5.41) is 7.80. The van der Waals surface area contributed by atoms with E-state index in [-0.39, 0.29) is 35.9 Å². The first-order valence-corrected chi connectivity index (χ1v) is 19.4. The number of imide groups is 2. The van der Waals surface area contributed by atoms with Crippen LogP contribution in [0.2, 0.25) is 0 Å². The molecule has 2 aromatic heterocycles. The number of aromatic nitrogens is 4. The summed E-state index contributed by atoms with van der Waals surface area (Å²) < 4.78 is 22.5. The number of para-hydroxylation sites is 1. The van der Waals surface area contributed by atoms with Gasteiger partial charge < -0.3 is 15.4 Å². The number of nitrogens with one attached hydrogen (secondary N) is 1. The Morgan fingerprint density at radius 2 is 1.75 bits per heavy atom. The van der Waals surface area contributed by atoms with Gasteiger partial charge in [-0.25, -0.2) is 19.0 Å². The molecule has 2 fully saturated rings. The molecule has 3 aliphatic rings. The lowest BCUT2D eigenvalue weighted by Crippen LogP contribution is -2.54. The van der Waals surface area contributed by atoms with Gasteiger partial charge in [-0.1, -0.05) is 18.2 Å². The van der Waals surface area contributed by atoms with Crippen LogP contribution in [0.3, 0.4) is 0 Å². The molecule has 0 saturated carbocycles. The monoisotopic (exact) mass is 776 g/mol. The van der Waals surface area contributed by atoms with Crippen molar-refractivity contribution in [1.82, 2.24) is 34.9 Å². The zero-order valence-electron chi connectivity index (χ0n) is 30.2. The fourth-order valence-corrected chi connectivity index (χ4v) is 8.60. The Hall–Kier alpha value is -6.16. The van der Waals surface area contributed by atoms with E-state index in [1.165, 1.54) is 24.2 Å².